The molecule has 1 N–H and O–H groups in total. The number of ether oxygens (including phenoxy) is 2. The predicted molar refractivity (Wildman–Crippen MR) is 125 cm³/mol. The molecular formula is C25H26N2O4S. The Bertz CT molecular complexity index is 1090. The van der Waals surface area contributed by atoms with E-state index in [-0.39, 0.29) is 11.9 Å². The number of oxazole rings is 1. The molecule has 0 saturated carbocycles. The summed E-state index contributed by atoms with van der Waals surface area (Å²) in [7, 11) is 0. The van der Waals surface area contributed by atoms with Gasteiger partial charge in [-0.05, 0) is 54.6 Å². The molecule has 2 aromatic carbocycles. The largest absolute Gasteiger partial charge is 0.492 e. The van der Waals surface area contributed by atoms with Crippen LogP contribution >= 0.6 is 11.3 Å². The first-order valence-electron chi connectivity index (χ1n) is 10.7. The van der Waals surface area contributed by atoms with Crippen LogP contribution in [-0.2, 0) is 22.5 Å². The molecule has 4 aromatic rings. The first-order chi connectivity index (χ1) is 15.7. The van der Waals surface area contributed by atoms with Crippen molar-refractivity contribution in [3.63, 3.8) is 0 Å². The van der Waals surface area contributed by atoms with E-state index in [2.05, 4.69) is 10.3 Å². The molecule has 32 heavy (non-hydrogen) atoms. The minimum atomic E-state index is -0.280. The average Bonchev–Trinajstić information content (AvgIpc) is 3.48. The van der Waals surface area contributed by atoms with Gasteiger partial charge in [0.15, 0.2) is 5.58 Å². The second-order valence-electron chi connectivity index (χ2n) is 7.27. The summed E-state index contributed by atoms with van der Waals surface area (Å²) < 4.78 is 16.8. The van der Waals surface area contributed by atoms with Crippen LogP contribution in [0.5, 0.6) is 5.75 Å². The van der Waals surface area contributed by atoms with Gasteiger partial charge in [-0.2, -0.15) is 0 Å². The lowest BCUT2D eigenvalue weighted by atomic mass is 9.98. The molecule has 0 aliphatic heterocycles. The number of esters is 1. The highest BCUT2D eigenvalue weighted by Gasteiger charge is 2.23. The molecule has 0 amide bonds. The minimum Gasteiger partial charge on any atom is -0.492 e. The molecule has 1 atom stereocenters. The summed E-state index contributed by atoms with van der Waals surface area (Å²) in [6.45, 7) is 3.96. The summed E-state index contributed by atoms with van der Waals surface area (Å²) >= 11 is 1.58. The Morgan fingerprint density at radius 2 is 1.97 bits per heavy atom. The highest BCUT2D eigenvalue weighted by molar-refractivity contribution is 7.10. The molecule has 7 heteroatoms. The zero-order valence-corrected chi connectivity index (χ0v) is 18.8. The SMILES string of the molecule is CCOC(=O)C(Cc1ccc(OCCNCc2nc3ccccc3o2)cc1)c1cccs1. The first kappa shape index (κ1) is 22.0. The van der Waals surface area contributed by atoms with Gasteiger partial charge in [-0.3, -0.25) is 4.79 Å². The van der Waals surface area contributed by atoms with E-state index in [1.165, 1.54) is 0 Å². The summed E-state index contributed by atoms with van der Waals surface area (Å²) in [6, 6.07) is 19.5. The Hall–Kier alpha value is -3.16. The van der Waals surface area contributed by atoms with Gasteiger partial charge < -0.3 is 19.2 Å². The number of para-hydroxylation sites is 2. The smallest absolute Gasteiger partial charge is 0.314 e. The molecule has 1 unspecified atom stereocenters. The van der Waals surface area contributed by atoms with Gasteiger partial charge in [0.2, 0.25) is 5.89 Å². The van der Waals surface area contributed by atoms with Crippen molar-refractivity contribution in [2.45, 2.75) is 25.8 Å². The van der Waals surface area contributed by atoms with Crippen molar-refractivity contribution in [3.8, 4) is 5.75 Å². The molecule has 0 aliphatic carbocycles. The van der Waals surface area contributed by atoms with Crippen molar-refractivity contribution in [3.05, 3.63) is 82.4 Å². The molecular weight excluding hydrogens is 424 g/mol. The van der Waals surface area contributed by atoms with Crippen LogP contribution in [0.2, 0.25) is 0 Å². The Morgan fingerprint density at radius 1 is 1.12 bits per heavy atom. The van der Waals surface area contributed by atoms with Gasteiger partial charge in [0, 0.05) is 11.4 Å². The number of hydrogen-bond acceptors (Lipinski definition) is 7. The van der Waals surface area contributed by atoms with Crippen LogP contribution in [0.4, 0.5) is 0 Å². The van der Waals surface area contributed by atoms with Crippen LogP contribution in [-0.4, -0.2) is 30.7 Å². The Labute approximate surface area is 191 Å². The van der Waals surface area contributed by atoms with E-state index in [9.17, 15) is 4.79 Å². The molecule has 0 radical (unpaired) electrons. The van der Waals surface area contributed by atoms with Crippen LogP contribution in [0, 0.1) is 0 Å². The fraction of sp³-hybridized carbons (Fsp3) is 0.280. The molecule has 2 aromatic heterocycles. The lowest BCUT2D eigenvalue weighted by molar-refractivity contribution is -0.144. The van der Waals surface area contributed by atoms with E-state index in [4.69, 9.17) is 13.9 Å². The first-order valence-corrected chi connectivity index (χ1v) is 11.6. The van der Waals surface area contributed by atoms with Crippen LogP contribution in [0.1, 0.15) is 29.2 Å². The summed E-state index contributed by atoms with van der Waals surface area (Å²) in [4.78, 5) is 17.9. The number of hydrogen-bond donors (Lipinski definition) is 1. The van der Waals surface area contributed by atoms with Crippen molar-refractivity contribution < 1.29 is 18.7 Å². The van der Waals surface area contributed by atoms with Gasteiger partial charge in [0.1, 0.15) is 17.9 Å². The van der Waals surface area contributed by atoms with E-state index in [1.54, 1.807) is 11.3 Å². The maximum absolute atomic E-state index is 12.4. The second-order valence-corrected chi connectivity index (χ2v) is 8.25. The lowest BCUT2D eigenvalue weighted by Crippen LogP contribution is -2.20. The van der Waals surface area contributed by atoms with Crippen molar-refractivity contribution in [2.24, 2.45) is 0 Å². The predicted octanol–water partition coefficient (Wildman–Crippen LogP) is 4.95. The standard InChI is InChI=1S/C25H26N2O4S/c1-2-29-25(28)20(23-8-5-15-32-23)16-18-9-11-19(12-10-18)30-14-13-26-17-24-27-21-6-3-4-7-22(21)31-24/h3-12,15,20,26H,2,13-14,16-17H2,1H3. The molecule has 0 spiro atoms. The number of carbonyl (C=O) groups is 1. The number of fused-ring (bicyclic) bond motifs is 1. The fourth-order valence-electron chi connectivity index (χ4n) is 3.42. The van der Waals surface area contributed by atoms with E-state index < -0.39 is 0 Å². The second kappa shape index (κ2) is 10.9. The maximum Gasteiger partial charge on any atom is 0.314 e. The summed E-state index contributed by atoms with van der Waals surface area (Å²) in [6.07, 6.45) is 0.603. The van der Waals surface area contributed by atoms with Crippen molar-refractivity contribution in [2.75, 3.05) is 19.8 Å². The number of thiophene rings is 1. The lowest BCUT2D eigenvalue weighted by Gasteiger charge is -2.14. The number of nitrogens with one attached hydrogen (secondary N) is 1. The molecule has 0 bridgehead atoms. The normalized spacial score (nSPS) is 12.0. The topological polar surface area (TPSA) is 73.6 Å². The number of nitrogens with zero attached hydrogens (tertiary/aromatic N) is 1. The number of carbonyl (C=O) groups excluding carboxylic acids is 1. The molecule has 0 saturated heterocycles. The van der Waals surface area contributed by atoms with Gasteiger partial charge in [-0.25, -0.2) is 4.98 Å². The van der Waals surface area contributed by atoms with Gasteiger partial charge >= 0.3 is 5.97 Å². The van der Waals surface area contributed by atoms with Gasteiger partial charge in [0.05, 0.1) is 19.1 Å². The van der Waals surface area contributed by atoms with Crippen molar-refractivity contribution in [1.82, 2.24) is 10.3 Å². The Morgan fingerprint density at radius 3 is 2.72 bits per heavy atom. The monoisotopic (exact) mass is 450 g/mol. The van der Waals surface area contributed by atoms with Crippen LogP contribution in [0.25, 0.3) is 11.1 Å². The quantitative estimate of drug-likeness (QED) is 0.258. The third kappa shape index (κ3) is 5.75. The Balaban J connectivity index is 1.23. The third-order valence-corrected chi connectivity index (χ3v) is 5.97. The molecule has 2 heterocycles. The highest BCUT2D eigenvalue weighted by Crippen LogP contribution is 2.27. The molecule has 4 rings (SSSR count). The zero-order valence-electron chi connectivity index (χ0n) is 18.0. The van der Waals surface area contributed by atoms with Crippen LogP contribution in [0.3, 0.4) is 0 Å². The van der Waals surface area contributed by atoms with E-state index in [1.807, 2.05) is 73.0 Å². The van der Waals surface area contributed by atoms with Gasteiger partial charge in [-0.15, -0.1) is 11.3 Å². The van der Waals surface area contributed by atoms with E-state index >= 15 is 0 Å². The number of benzene rings is 2. The molecule has 6 nitrogen and oxygen atoms in total. The van der Waals surface area contributed by atoms with Crippen LogP contribution in [0.15, 0.2) is 70.5 Å². The van der Waals surface area contributed by atoms with Crippen LogP contribution < -0.4 is 10.1 Å². The van der Waals surface area contributed by atoms with Gasteiger partial charge in [-0.1, -0.05) is 30.3 Å². The fourth-order valence-corrected chi connectivity index (χ4v) is 4.24. The molecule has 0 aliphatic rings. The van der Waals surface area contributed by atoms with E-state index in [0.29, 0.717) is 38.6 Å². The third-order valence-electron chi connectivity index (χ3n) is 4.98. The maximum atomic E-state index is 12.4. The molecule has 166 valence electrons. The summed E-state index contributed by atoms with van der Waals surface area (Å²) in [5.74, 6) is 0.997. The number of rotatable bonds is 11. The van der Waals surface area contributed by atoms with Crippen molar-refractivity contribution in [1.29, 1.82) is 0 Å². The average molecular weight is 451 g/mol. The minimum absolute atomic E-state index is 0.180. The van der Waals surface area contributed by atoms with Gasteiger partial charge in [0.25, 0.3) is 0 Å². The Kier molecular flexibility index (Phi) is 7.53. The highest BCUT2D eigenvalue weighted by atomic mass is 32.1. The van der Waals surface area contributed by atoms with E-state index in [0.717, 1.165) is 27.3 Å². The summed E-state index contributed by atoms with van der Waals surface area (Å²) in [5.41, 5.74) is 2.73. The molecule has 0 fully saturated rings. The summed E-state index contributed by atoms with van der Waals surface area (Å²) in [5, 5.41) is 5.26. The number of aromatic nitrogens is 1. The zero-order chi connectivity index (χ0) is 22.2. The van der Waals surface area contributed by atoms with Crippen molar-refractivity contribution >= 4 is 28.4 Å².